The summed E-state index contributed by atoms with van der Waals surface area (Å²) in [5.41, 5.74) is 10.4. The maximum Gasteiger partial charge on any atom is 0.405 e. The molecule has 2 aliphatic rings. The molecule has 0 aliphatic heterocycles. The van der Waals surface area contributed by atoms with Crippen LogP contribution >= 0.6 is 0 Å². The second-order valence-electron chi connectivity index (χ2n) is 7.71. The molecule has 0 unspecified atom stereocenters. The number of benzene rings is 1. The molecule has 3 rings (SSSR count). The molecule has 0 heterocycles. The average molecular weight is 337 g/mol. The average Bonchev–Trinajstić information content (AvgIpc) is 2.73. The summed E-state index contributed by atoms with van der Waals surface area (Å²) in [7, 11) is 0. The van der Waals surface area contributed by atoms with Gasteiger partial charge in [0.05, 0.1) is 0 Å². The van der Waals surface area contributed by atoms with Gasteiger partial charge in [-0.25, -0.2) is 4.79 Å². The SMILES string of the molecule is CCCc1ccc(C2=CC3=CC(C)(C)[C@@](C)(OC(N)=O)C3=CC2)cc1. The minimum atomic E-state index is -0.729. The molecule has 1 aromatic rings. The van der Waals surface area contributed by atoms with Gasteiger partial charge in [0.25, 0.3) is 0 Å². The fraction of sp³-hybridized carbons (Fsp3) is 0.409. The quantitative estimate of drug-likeness (QED) is 0.823. The molecule has 0 radical (unpaired) electrons. The number of rotatable bonds is 4. The van der Waals surface area contributed by atoms with Crippen molar-refractivity contribution < 1.29 is 9.53 Å². The highest BCUT2D eigenvalue weighted by Crippen LogP contribution is 2.52. The van der Waals surface area contributed by atoms with Crippen molar-refractivity contribution in [2.24, 2.45) is 11.1 Å². The van der Waals surface area contributed by atoms with Crippen molar-refractivity contribution in [1.29, 1.82) is 0 Å². The van der Waals surface area contributed by atoms with Crippen LogP contribution in [0.2, 0.25) is 0 Å². The van der Waals surface area contributed by atoms with Crippen LogP contribution < -0.4 is 5.73 Å². The Morgan fingerprint density at radius 2 is 1.88 bits per heavy atom. The maximum atomic E-state index is 11.4. The van der Waals surface area contributed by atoms with Crippen LogP contribution in [0, 0.1) is 5.41 Å². The number of carbonyl (C=O) groups excluding carboxylic acids is 1. The molecule has 2 aliphatic carbocycles. The molecule has 0 spiro atoms. The van der Waals surface area contributed by atoms with Crippen molar-refractivity contribution in [3.8, 4) is 0 Å². The Kier molecular flexibility index (Phi) is 4.36. The van der Waals surface area contributed by atoms with Crippen molar-refractivity contribution in [2.75, 3.05) is 0 Å². The zero-order valence-corrected chi connectivity index (χ0v) is 15.6. The Labute approximate surface area is 150 Å². The second-order valence-corrected chi connectivity index (χ2v) is 7.71. The molecule has 0 bridgehead atoms. The minimum absolute atomic E-state index is 0.305. The van der Waals surface area contributed by atoms with Crippen LogP contribution in [0.1, 0.15) is 51.7 Å². The van der Waals surface area contributed by atoms with E-state index in [4.69, 9.17) is 10.5 Å². The molecule has 3 heteroatoms. The lowest BCUT2D eigenvalue weighted by Crippen LogP contribution is -2.44. The maximum absolute atomic E-state index is 11.4. The molecule has 1 amide bonds. The lowest BCUT2D eigenvalue weighted by molar-refractivity contribution is 0.00172. The summed E-state index contributed by atoms with van der Waals surface area (Å²) in [5.74, 6) is 0. The van der Waals surface area contributed by atoms with E-state index < -0.39 is 11.7 Å². The van der Waals surface area contributed by atoms with Gasteiger partial charge in [0.1, 0.15) is 5.60 Å². The Bertz CT molecular complexity index is 781. The zero-order chi connectivity index (χ0) is 18.2. The summed E-state index contributed by atoms with van der Waals surface area (Å²) >= 11 is 0. The number of aryl methyl sites for hydroxylation is 1. The van der Waals surface area contributed by atoms with Gasteiger partial charge >= 0.3 is 6.09 Å². The number of amides is 1. The molecule has 0 aromatic heterocycles. The van der Waals surface area contributed by atoms with Crippen LogP contribution in [0.25, 0.3) is 5.57 Å². The fourth-order valence-corrected chi connectivity index (χ4v) is 3.88. The summed E-state index contributed by atoms with van der Waals surface area (Å²) in [6, 6.07) is 8.84. The number of ether oxygens (including phenoxy) is 1. The molecule has 0 saturated carbocycles. The number of hydrogen-bond acceptors (Lipinski definition) is 2. The summed E-state index contributed by atoms with van der Waals surface area (Å²) in [6.45, 7) is 8.30. The highest BCUT2D eigenvalue weighted by molar-refractivity contribution is 5.77. The van der Waals surface area contributed by atoms with Crippen LogP contribution in [-0.4, -0.2) is 11.7 Å². The van der Waals surface area contributed by atoms with E-state index in [9.17, 15) is 4.79 Å². The van der Waals surface area contributed by atoms with Gasteiger partial charge in [0.15, 0.2) is 0 Å². The number of carbonyl (C=O) groups is 1. The smallest absolute Gasteiger partial charge is 0.405 e. The molecule has 2 N–H and O–H groups in total. The predicted molar refractivity (Wildman–Crippen MR) is 102 cm³/mol. The van der Waals surface area contributed by atoms with E-state index in [-0.39, 0.29) is 5.41 Å². The number of fused-ring (bicyclic) bond motifs is 1. The highest BCUT2D eigenvalue weighted by atomic mass is 16.6. The lowest BCUT2D eigenvalue weighted by Gasteiger charge is -2.38. The Morgan fingerprint density at radius 1 is 1.20 bits per heavy atom. The lowest BCUT2D eigenvalue weighted by atomic mass is 9.75. The number of primary amides is 1. The highest BCUT2D eigenvalue weighted by Gasteiger charge is 2.51. The van der Waals surface area contributed by atoms with E-state index in [1.807, 2.05) is 6.92 Å². The minimum Gasteiger partial charge on any atom is -0.438 e. The van der Waals surface area contributed by atoms with Crippen LogP contribution in [0.4, 0.5) is 4.79 Å². The van der Waals surface area contributed by atoms with E-state index >= 15 is 0 Å². The monoisotopic (exact) mass is 337 g/mol. The molecule has 0 fully saturated rings. The molecule has 0 saturated heterocycles. The first kappa shape index (κ1) is 17.5. The van der Waals surface area contributed by atoms with E-state index in [2.05, 4.69) is 63.3 Å². The van der Waals surface area contributed by atoms with Crippen molar-refractivity contribution in [3.05, 3.63) is 64.8 Å². The standard InChI is InChI=1S/C22H27NO2/c1-5-6-15-7-9-16(10-8-15)17-11-12-19-18(13-17)14-21(2,3)22(19,4)25-20(23)24/h7-10,12-14H,5-6,11H2,1-4H3,(H2,23,24)/t22-/m0/s1. The van der Waals surface area contributed by atoms with Crippen LogP contribution in [0.15, 0.2) is 53.6 Å². The van der Waals surface area contributed by atoms with Gasteiger partial charge in [-0.2, -0.15) is 0 Å². The van der Waals surface area contributed by atoms with Gasteiger partial charge in [-0.1, -0.05) is 69.7 Å². The molecule has 1 atom stereocenters. The van der Waals surface area contributed by atoms with Gasteiger partial charge < -0.3 is 10.5 Å². The van der Waals surface area contributed by atoms with E-state index in [1.54, 1.807) is 0 Å². The third kappa shape index (κ3) is 3.04. The number of hydrogen-bond donors (Lipinski definition) is 1. The normalized spacial score (nSPS) is 24.1. The summed E-state index contributed by atoms with van der Waals surface area (Å²) in [4.78, 5) is 11.4. The third-order valence-corrected chi connectivity index (χ3v) is 5.59. The summed E-state index contributed by atoms with van der Waals surface area (Å²) in [6.07, 6.45) is 8.97. The van der Waals surface area contributed by atoms with E-state index in [0.29, 0.717) is 0 Å². The Balaban J connectivity index is 1.91. The van der Waals surface area contributed by atoms with Crippen molar-refractivity contribution in [1.82, 2.24) is 0 Å². The summed E-state index contributed by atoms with van der Waals surface area (Å²) in [5, 5.41) is 0. The van der Waals surface area contributed by atoms with Crippen LogP contribution in [0.3, 0.4) is 0 Å². The number of allylic oxidation sites excluding steroid dienone is 3. The molecular weight excluding hydrogens is 310 g/mol. The van der Waals surface area contributed by atoms with E-state index in [1.165, 1.54) is 16.7 Å². The molecule has 25 heavy (non-hydrogen) atoms. The topological polar surface area (TPSA) is 52.3 Å². The Morgan fingerprint density at radius 3 is 2.48 bits per heavy atom. The van der Waals surface area contributed by atoms with Gasteiger partial charge in [-0.15, -0.1) is 0 Å². The molecular formula is C22H27NO2. The first-order valence-electron chi connectivity index (χ1n) is 8.99. The van der Waals surface area contributed by atoms with Gasteiger partial charge in [-0.05, 0) is 47.6 Å². The predicted octanol–water partition coefficient (Wildman–Crippen LogP) is 5.17. The second kappa shape index (κ2) is 6.21. The third-order valence-electron chi connectivity index (χ3n) is 5.59. The first-order chi connectivity index (χ1) is 11.8. The molecule has 132 valence electrons. The van der Waals surface area contributed by atoms with Crippen LogP contribution in [0.5, 0.6) is 0 Å². The fourth-order valence-electron chi connectivity index (χ4n) is 3.88. The summed E-state index contributed by atoms with van der Waals surface area (Å²) < 4.78 is 5.56. The van der Waals surface area contributed by atoms with Crippen LogP contribution in [-0.2, 0) is 11.2 Å². The van der Waals surface area contributed by atoms with Gasteiger partial charge in [0, 0.05) is 5.41 Å². The largest absolute Gasteiger partial charge is 0.438 e. The Hall–Kier alpha value is -2.29. The molecule has 3 nitrogen and oxygen atoms in total. The number of nitrogens with two attached hydrogens (primary N) is 1. The molecule has 1 aromatic carbocycles. The van der Waals surface area contributed by atoms with E-state index in [0.717, 1.165) is 30.4 Å². The zero-order valence-electron chi connectivity index (χ0n) is 15.6. The van der Waals surface area contributed by atoms with Gasteiger partial charge in [0.2, 0.25) is 0 Å². The van der Waals surface area contributed by atoms with Crippen molar-refractivity contribution in [3.63, 3.8) is 0 Å². The first-order valence-corrected chi connectivity index (χ1v) is 8.99. The van der Waals surface area contributed by atoms with Crippen molar-refractivity contribution >= 4 is 11.7 Å². The van der Waals surface area contributed by atoms with Gasteiger partial charge in [-0.3, -0.25) is 0 Å². The van der Waals surface area contributed by atoms with Crippen molar-refractivity contribution in [2.45, 2.75) is 52.6 Å².